The maximum atomic E-state index is 10.2. The van der Waals surface area contributed by atoms with Crippen molar-refractivity contribution < 1.29 is 12.9 Å². The fourth-order valence-corrected chi connectivity index (χ4v) is 0.696. The number of hydrogen-bond donors (Lipinski definition) is 2. The molecule has 12 heavy (non-hydrogen) atoms. The fraction of sp³-hybridized carbons (Fsp3) is 0. The molecule has 0 fully saturated rings. The van der Waals surface area contributed by atoms with E-state index in [1.54, 1.807) is 0 Å². The standard InChI is InChI=1S/C6H6N2O3.Mg.2H/c7-4-2-1-3-5(6(4)9)8(10)11;;;/h1-3,9H,7H2;;;/q;+2;2*-1. The number of rotatable bonds is 1. The van der Waals surface area contributed by atoms with Crippen LogP contribution in [0.1, 0.15) is 2.85 Å². The summed E-state index contributed by atoms with van der Waals surface area (Å²) in [5, 5.41) is 19.2. The zero-order valence-corrected chi connectivity index (χ0v) is 7.64. The van der Waals surface area contributed by atoms with Gasteiger partial charge in [0.1, 0.15) is 0 Å². The first-order chi connectivity index (χ1) is 5.13. The van der Waals surface area contributed by atoms with E-state index < -0.39 is 10.7 Å². The van der Waals surface area contributed by atoms with Gasteiger partial charge in [0, 0.05) is 6.07 Å². The third kappa shape index (κ3) is 1.99. The number of phenols is 1. The Labute approximate surface area is 87.5 Å². The monoisotopic (exact) mass is 180 g/mol. The molecule has 0 aliphatic carbocycles. The van der Waals surface area contributed by atoms with Gasteiger partial charge in [-0.25, -0.2) is 0 Å². The van der Waals surface area contributed by atoms with Crippen molar-refractivity contribution >= 4 is 34.4 Å². The Kier molecular flexibility index (Phi) is 3.77. The molecule has 1 aromatic rings. The molecule has 0 aromatic heterocycles. The van der Waals surface area contributed by atoms with Gasteiger partial charge in [-0.3, -0.25) is 10.1 Å². The van der Waals surface area contributed by atoms with Crippen LogP contribution in [-0.4, -0.2) is 33.1 Å². The summed E-state index contributed by atoms with van der Waals surface area (Å²) in [6, 6.07) is 3.99. The molecule has 62 valence electrons. The summed E-state index contributed by atoms with van der Waals surface area (Å²) < 4.78 is 0. The molecule has 0 heterocycles. The first-order valence-electron chi connectivity index (χ1n) is 2.85. The van der Waals surface area contributed by atoms with E-state index in [0.717, 1.165) is 0 Å². The van der Waals surface area contributed by atoms with Gasteiger partial charge in [-0.05, 0) is 6.07 Å². The van der Waals surface area contributed by atoms with E-state index >= 15 is 0 Å². The molecule has 0 aliphatic rings. The second-order valence-electron chi connectivity index (χ2n) is 1.97. The van der Waals surface area contributed by atoms with Gasteiger partial charge in [-0.1, -0.05) is 6.07 Å². The van der Waals surface area contributed by atoms with Crippen molar-refractivity contribution in [2.75, 3.05) is 5.73 Å². The van der Waals surface area contributed by atoms with Crippen LogP contribution in [0.2, 0.25) is 0 Å². The molecule has 0 unspecified atom stereocenters. The van der Waals surface area contributed by atoms with E-state index in [0.29, 0.717) is 0 Å². The predicted octanol–water partition coefficient (Wildman–Crippen LogP) is 0.727. The van der Waals surface area contributed by atoms with Crippen molar-refractivity contribution in [3.63, 3.8) is 0 Å². The maximum Gasteiger partial charge on any atom is 2.00 e. The normalized spacial score (nSPS) is 8.67. The number of benzene rings is 1. The number of nitrogens with zero attached hydrogens (tertiary/aromatic N) is 1. The van der Waals surface area contributed by atoms with Crippen molar-refractivity contribution in [2.24, 2.45) is 0 Å². The summed E-state index contributed by atoms with van der Waals surface area (Å²) in [6.45, 7) is 0. The summed E-state index contributed by atoms with van der Waals surface area (Å²) in [4.78, 5) is 9.48. The number of nitro benzene ring substituents is 1. The van der Waals surface area contributed by atoms with Gasteiger partial charge in [0.2, 0.25) is 5.75 Å². The Balaban J connectivity index is -0.000000403. The zero-order chi connectivity index (χ0) is 8.43. The first kappa shape index (κ1) is 11.0. The number of nitro groups is 1. The molecule has 0 amide bonds. The number of hydrogen-bond acceptors (Lipinski definition) is 4. The second-order valence-corrected chi connectivity index (χ2v) is 1.97. The van der Waals surface area contributed by atoms with E-state index in [4.69, 9.17) is 10.8 Å². The second kappa shape index (κ2) is 4.12. The average molecular weight is 180 g/mol. The third-order valence-electron chi connectivity index (χ3n) is 1.24. The van der Waals surface area contributed by atoms with Gasteiger partial charge in [-0.15, -0.1) is 0 Å². The smallest absolute Gasteiger partial charge is 1.00 e. The average Bonchev–Trinajstić information content (AvgIpc) is 1.94. The molecule has 0 aliphatic heterocycles. The molecule has 1 aromatic carbocycles. The number of aromatic hydroxyl groups is 1. The molecule has 3 N–H and O–H groups in total. The number of phenolic OH excluding ortho intramolecular Hbond substituents is 1. The molecule has 0 spiro atoms. The van der Waals surface area contributed by atoms with Crippen LogP contribution in [0.5, 0.6) is 5.75 Å². The van der Waals surface area contributed by atoms with Crippen LogP contribution < -0.4 is 5.73 Å². The molecule has 0 atom stereocenters. The van der Waals surface area contributed by atoms with Gasteiger partial charge in [0.05, 0.1) is 10.6 Å². The van der Waals surface area contributed by atoms with Crippen LogP contribution in [0.4, 0.5) is 11.4 Å². The van der Waals surface area contributed by atoms with E-state index in [1.165, 1.54) is 18.2 Å². The Morgan fingerprint density at radius 3 is 2.58 bits per heavy atom. The zero-order valence-electron chi connectivity index (χ0n) is 8.23. The van der Waals surface area contributed by atoms with Crippen molar-refractivity contribution in [3.8, 4) is 5.75 Å². The molecule has 6 heteroatoms. The molecule has 0 saturated carbocycles. The molecule has 0 bridgehead atoms. The SMILES string of the molecule is Nc1cccc([N+](=O)[O-])c1O.[H-].[H-].[Mg+2]. The number of nitrogens with two attached hydrogens (primary N) is 1. The van der Waals surface area contributed by atoms with Gasteiger partial charge in [0.15, 0.2) is 0 Å². The van der Waals surface area contributed by atoms with E-state index in [-0.39, 0.29) is 37.3 Å². The topological polar surface area (TPSA) is 89.4 Å². The Hall–Kier alpha value is -1.01. The largest absolute Gasteiger partial charge is 2.00 e. The molecule has 5 nitrogen and oxygen atoms in total. The van der Waals surface area contributed by atoms with Crippen LogP contribution in [0.25, 0.3) is 0 Å². The summed E-state index contributed by atoms with van der Waals surface area (Å²) in [5.74, 6) is -0.475. The van der Waals surface area contributed by atoms with Crippen LogP contribution in [0.3, 0.4) is 0 Å². The molecule has 0 radical (unpaired) electrons. The van der Waals surface area contributed by atoms with Crippen LogP contribution >= 0.6 is 0 Å². The minimum absolute atomic E-state index is 0. The first-order valence-corrected chi connectivity index (χ1v) is 2.85. The minimum Gasteiger partial charge on any atom is -1.00 e. The van der Waals surface area contributed by atoms with Crippen LogP contribution in [0, 0.1) is 10.1 Å². The molecular formula is C6H8MgN2O3. The van der Waals surface area contributed by atoms with E-state index in [2.05, 4.69) is 0 Å². The molecular weight excluding hydrogens is 172 g/mol. The number of nitrogen functional groups attached to an aromatic ring is 1. The Bertz CT molecular complexity index is 311. The van der Waals surface area contributed by atoms with E-state index in [9.17, 15) is 10.1 Å². The Morgan fingerprint density at radius 2 is 2.17 bits per heavy atom. The van der Waals surface area contributed by atoms with Crippen LogP contribution in [0.15, 0.2) is 18.2 Å². The van der Waals surface area contributed by atoms with Gasteiger partial charge < -0.3 is 13.7 Å². The van der Waals surface area contributed by atoms with Gasteiger partial charge >= 0.3 is 28.7 Å². The van der Waals surface area contributed by atoms with Crippen molar-refractivity contribution in [2.45, 2.75) is 0 Å². The quantitative estimate of drug-likeness (QED) is 0.219. The minimum atomic E-state index is -0.689. The summed E-state index contributed by atoms with van der Waals surface area (Å²) in [5.41, 5.74) is 4.85. The maximum absolute atomic E-state index is 10.2. The van der Waals surface area contributed by atoms with Crippen molar-refractivity contribution in [3.05, 3.63) is 28.3 Å². The number of anilines is 1. The van der Waals surface area contributed by atoms with Crippen molar-refractivity contribution in [1.82, 2.24) is 0 Å². The number of para-hydroxylation sites is 1. The Morgan fingerprint density at radius 1 is 1.58 bits per heavy atom. The van der Waals surface area contributed by atoms with Gasteiger partial charge in [-0.2, -0.15) is 0 Å². The van der Waals surface area contributed by atoms with Gasteiger partial charge in [0.25, 0.3) is 0 Å². The molecule has 0 saturated heterocycles. The predicted molar refractivity (Wildman–Crippen MR) is 47.2 cm³/mol. The molecule has 1 rings (SSSR count). The van der Waals surface area contributed by atoms with E-state index in [1.807, 2.05) is 0 Å². The third-order valence-corrected chi connectivity index (χ3v) is 1.24. The van der Waals surface area contributed by atoms with Crippen LogP contribution in [-0.2, 0) is 0 Å². The summed E-state index contributed by atoms with van der Waals surface area (Å²) in [7, 11) is 0. The summed E-state index contributed by atoms with van der Waals surface area (Å²) >= 11 is 0. The fourth-order valence-electron chi connectivity index (χ4n) is 0.696. The summed E-state index contributed by atoms with van der Waals surface area (Å²) in [6.07, 6.45) is 0. The van der Waals surface area contributed by atoms with Crippen molar-refractivity contribution in [1.29, 1.82) is 0 Å².